The predicted octanol–water partition coefficient (Wildman–Crippen LogP) is 2.93. The molecule has 2 aliphatic heterocycles. The third kappa shape index (κ3) is 2.72. The molecule has 2 atom stereocenters. The molecule has 0 N–H and O–H groups in total. The van der Waals surface area contributed by atoms with Crippen LogP contribution in [-0.2, 0) is 4.79 Å². The van der Waals surface area contributed by atoms with Crippen molar-refractivity contribution >= 4 is 5.91 Å². The van der Waals surface area contributed by atoms with Gasteiger partial charge in [-0.3, -0.25) is 14.8 Å². The van der Waals surface area contributed by atoms with Crippen LogP contribution in [0.2, 0.25) is 0 Å². The minimum absolute atomic E-state index is 0.138. The minimum atomic E-state index is -4.90. The molecule has 4 nitrogen and oxygen atoms in total. The molecule has 10 heteroatoms. The quantitative estimate of drug-likeness (QED) is 0.784. The van der Waals surface area contributed by atoms with Gasteiger partial charge in [-0.25, -0.2) is 18.2 Å². The number of aromatic nitrogens is 1. The number of halogens is 6. The molecule has 1 unspecified atom stereocenters. The van der Waals surface area contributed by atoms with E-state index < -0.39 is 48.7 Å². The van der Waals surface area contributed by atoms with Gasteiger partial charge in [0.1, 0.15) is 11.2 Å². The Hall–Kier alpha value is -1.84. The number of hydrogen-bond donors (Lipinski definition) is 0. The molecule has 0 saturated carbocycles. The molecule has 0 bridgehead atoms. The molecule has 24 heavy (non-hydrogen) atoms. The van der Waals surface area contributed by atoms with Gasteiger partial charge in [-0.1, -0.05) is 0 Å². The molecule has 1 aromatic rings. The topological polar surface area (TPSA) is 36.4 Å². The van der Waals surface area contributed by atoms with Crippen molar-refractivity contribution in [3.8, 4) is 0 Å². The summed E-state index contributed by atoms with van der Waals surface area (Å²) in [6, 6.07) is 0.301. The van der Waals surface area contributed by atoms with Gasteiger partial charge in [-0.15, -0.1) is 0 Å². The highest BCUT2D eigenvalue weighted by Crippen LogP contribution is 2.49. The van der Waals surface area contributed by atoms with E-state index in [1.165, 1.54) is 11.2 Å². The van der Waals surface area contributed by atoms with Crippen LogP contribution in [0.15, 0.2) is 18.5 Å². The summed E-state index contributed by atoms with van der Waals surface area (Å²) >= 11 is 0. The van der Waals surface area contributed by atoms with Gasteiger partial charge in [0.05, 0.1) is 18.7 Å². The van der Waals surface area contributed by atoms with E-state index in [2.05, 4.69) is 4.98 Å². The third-order valence-electron chi connectivity index (χ3n) is 4.40. The van der Waals surface area contributed by atoms with Crippen molar-refractivity contribution < 1.29 is 31.1 Å². The molecule has 2 fully saturated rings. The average Bonchev–Trinajstić information content (AvgIpc) is 2.97. The fourth-order valence-electron chi connectivity index (χ4n) is 3.39. The van der Waals surface area contributed by atoms with Crippen LogP contribution in [-0.4, -0.2) is 46.6 Å². The lowest BCUT2D eigenvalue weighted by Crippen LogP contribution is -2.44. The first kappa shape index (κ1) is 17.0. The molecule has 1 aromatic heterocycles. The molecule has 0 spiro atoms. The zero-order valence-electron chi connectivity index (χ0n) is 12.2. The van der Waals surface area contributed by atoms with Gasteiger partial charge in [0.15, 0.2) is 0 Å². The van der Waals surface area contributed by atoms with Crippen LogP contribution in [0.5, 0.6) is 0 Å². The smallest absolute Gasteiger partial charge is 0.272 e. The number of hydrogen-bond acceptors (Lipinski definition) is 3. The lowest BCUT2D eigenvalue weighted by atomic mass is 9.83. The summed E-state index contributed by atoms with van der Waals surface area (Å²) in [5.41, 5.74) is -2.56. The van der Waals surface area contributed by atoms with Crippen LogP contribution in [0.3, 0.4) is 0 Å². The Morgan fingerprint density at radius 2 is 2.04 bits per heavy atom. The first-order chi connectivity index (χ1) is 11.1. The van der Waals surface area contributed by atoms with Crippen molar-refractivity contribution in [1.29, 1.82) is 0 Å². The molecule has 0 aromatic carbocycles. The maximum Gasteiger partial charge on any atom is 0.390 e. The van der Waals surface area contributed by atoms with Gasteiger partial charge < -0.3 is 0 Å². The van der Waals surface area contributed by atoms with E-state index in [1.54, 1.807) is 0 Å². The molecule has 1 amide bonds. The lowest BCUT2D eigenvalue weighted by molar-refractivity contribution is -0.184. The Kier molecular flexibility index (Phi) is 3.97. The zero-order valence-corrected chi connectivity index (χ0v) is 12.2. The zero-order chi connectivity index (χ0) is 17.7. The molecule has 3 heterocycles. The van der Waals surface area contributed by atoms with Gasteiger partial charge in [0.25, 0.3) is 12.3 Å². The number of alkyl halides is 5. The van der Waals surface area contributed by atoms with Crippen LogP contribution in [0, 0.1) is 11.2 Å². The lowest BCUT2D eigenvalue weighted by Gasteiger charge is -2.28. The van der Waals surface area contributed by atoms with Crippen molar-refractivity contribution in [1.82, 2.24) is 15.0 Å². The van der Waals surface area contributed by atoms with E-state index in [-0.39, 0.29) is 12.1 Å². The highest BCUT2D eigenvalue weighted by atomic mass is 19.4. The molecule has 0 aliphatic carbocycles. The second-order valence-corrected chi connectivity index (χ2v) is 6.03. The highest BCUT2D eigenvalue weighted by molar-refractivity contribution is 5.86. The van der Waals surface area contributed by atoms with Crippen molar-refractivity contribution in [3.63, 3.8) is 0 Å². The number of hydrazine groups is 1. The molecule has 2 aliphatic rings. The second kappa shape index (κ2) is 5.61. The number of carbonyl (C=O) groups is 1. The molecule has 2 saturated heterocycles. The number of pyridine rings is 1. The van der Waals surface area contributed by atoms with Crippen LogP contribution in [0.25, 0.3) is 0 Å². The van der Waals surface area contributed by atoms with Crippen LogP contribution in [0.4, 0.5) is 26.3 Å². The van der Waals surface area contributed by atoms with Gasteiger partial charge in [-0.2, -0.15) is 13.2 Å². The Labute approximate surface area is 133 Å². The number of nitrogens with zero attached hydrogens (tertiary/aromatic N) is 3. The van der Waals surface area contributed by atoms with Crippen molar-refractivity contribution in [3.05, 3.63) is 29.8 Å². The summed E-state index contributed by atoms with van der Waals surface area (Å²) in [6.07, 6.45) is -7.72. The van der Waals surface area contributed by atoms with Gasteiger partial charge in [0, 0.05) is 19.3 Å². The van der Waals surface area contributed by atoms with Crippen LogP contribution in [0.1, 0.15) is 24.4 Å². The second-order valence-electron chi connectivity index (χ2n) is 6.03. The Morgan fingerprint density at radius 1 is 1.33 bits per heavy atom. The van der Waals surface area contributed by atoms with E-state index in [4.69, 9.17) is 0 Å². The number of carbonyl (C=O) groups excluding carboxylic acids is 1. The van der Waals surface area contributed by atoms with Gasteiger partial charge in [-0.05, 0) is 18.1 Å². The summed E-state index contributed by atoms with van der Waals surface area (Å²) in [5, 5.41) is 2.10. The van der Waals surface area contributed by atoms with E-state index in [0.717, 1.165) is 17.3 Å². The Balaban J connectivity index is 1.94. The SMILES string of the molecule is O=C1N2[C@@H](c3cncc(F)c3)CCN2CC1(CC(F)(F)F)C(F)F. The van der Waals surface area contributed by atoms with Crippen molar-refractivity contribution in [2.45, 2.75) is 31.5 Å². The predicted molar refractivity (Wildman–Crippen MR) is 69.1 cm³/mol. The van der Waals surface area contributed by atoms with E-state index in [9.17, 15) is 31.1 Å². The first-order valence-corrected chi connectivity index (χ1v) is 7.18. The summed E-state index contributed by atoms with van der Waals surface area (Å²) in [4.78, 5) is 16.1. The van der Waals surface area contributed by atoms with Crippen LogP contribution >= 0.6 is 0 Å². The maximum absolute atomic E-state index is 13.4. The standard InChI is InChI=1S/C14H13F6N3O/c15-9-3-8(4-21-5-9)10-1-2-22-7-13(11(16)17,6-14(18,19)20)12(24)23(10)22/h3-5,10-11H,1-2,6-7H2/t10-,13?/m1/s1. The summed E-state index contributed by atoms with van der Waals surface area (Å²) in [5.74, 6) is -1.95. The Morgan fingerprint density at radius 3 is 2.62 bits per heavy atom. The molecular weight excluding hydrogens is 340 g/mol. The van der Waals surface area contributed by atoms with Crippen molar-refractivity contribution in [2.75, 3.05) is 13.1 Å². The maximum atomic E-state index is 13.4. The fraction of sp³-hybridized carbons (Fsp3) is 0.571. The normalized spacial score (nSPS) is 28.0. The largest absolute Gasteiger partial charge is 0.390 e. The van der Waals surface area contributed by atoms with Crippen LogP contribution < -0.4 is 0 Å². The third-order valence-corrected chi connectivity index (χ3v) is 4.40. The molecule has 3 rings (SSSR count). The fourth-order valence-corrected chi connectivity index (χ4v) is 3.39. The van der Waals surface area contributed by atoms with E-state index >= 15 is 0 Å². The monoisotopic (exact) mass is 353 g/mol. The number of fused-ring (bicyclic) bond motifs is 1. The first-order valence-electron chi connectivity index (χ1n) is 7.18. The average molecular weight is 353 g/mol. The minimum Gasteiger partial charge on any atom is -0.272 e. The van der Waals surface area contributed by atoms with Gasteiger partial charge in [0.2, 0.25) is 0 Å². The summed E-state index contributed by atoms with van der Waals surface area (Å²) in [7, 11) is 0. The molecule has 132 valence electrons. The van der Waals surface area contributed by atoms with Crippen molar-refractivity contribution in [2.24, 2.45) is 5.41 Å². The molecular formula is C14H13F6N3O. The van der Waals surface area contributed by atoms with E-state index in [1.807, 2.05) is 0 Å². The number of rotatable bonds is 3. The van der Waals surface area contributed by atoms with E-state index in [0.29, 0.717) is 6.42 Å². The summed E-state index contributed by atoms with van der Waals surface area (Å²) in [6.45, 7) is -0.568. The number of amides is 1. The molecule has 0 radical (unpaired) electrons. The summed E-state index contributed by atoms with van der Waals surface area (Å²) < 4.78 is 78.4. The van der Waals surface area contributed by atoms with Gasteiger partial charge >= 0.3 is 6.18 Å². The highest BCUT2D eigenvalue weighted by Gasteiger charge is 2.63. The Bertz CT molecular complexity index is 652.